The number of hydrogen-bond donors (Lipinski definition) is 2. The molecule has 2 aromatic carbocycles. The molecule has 2 aromatic rings. The van der Waals surface area contributed by atoms with Gasteiger partial charge in [-0.2, -0.15) is 0 Å². The summed E-state index contributed by atoms with van der Waals surface area (Å²) in [6.07, 6.45) is 0.287. The van der Waals surface area contributed by atoms with E-state index in [1.165, 1.54) is 0 Å². The molecule has 1 heterocycles. The first-order valence-corrected chi connectivity index (χ1v) is 6.71. The van der Waals surface area contributed by atoms with Crippen LogP contribution in [0.2, 0.25) is 5.02 Å². The molecule has 0 saturated carbocycles. The molecule has 2 N–H and O–H groups in total. The molecule has 0 spiro atoms. The number of carbonyl (C=O) groups is 1. The summed E-state index contributed by atoms with van der Waals surface area (Å²) < 4.78 is 26.7. The Bertz CT molecular complexity index is 734. The van der Waals surface area contributed by atoms with E-state index in [0.717, 1.165) is 23.8 Å². The van der Waals surface area contributed by atoms with Crippen molar-refractivity contribution < 1.29 is 13.6 Å². The predicted molar refractivity (Wildman–Crippen MR) is 77.5 cm³/mol. The van der Waals surface area contributed by atoms with Gasteiger partial charge in [-0.15, -0.1) is 0 Å². The molecule has 0 aromatic heterocycles. The lowest BCUT2D eigenvalue weighted by molar-refractivity contribution is -0.115. The van der Waals surface area contributed by atoms with Crippen LogP contribution in [0.1, 0.15) is 11.1 Å². The Hall–Kier alpha value is -2.14. The lowest BCUT2D eigenvalue weighted by atomic mass is 10.1. The Labute approximate surface area is 124 Å². The van der Waals surface area contributed by atoms with Gasteiger partial charge in [0.15, 0.2) is 0 Å². The SMILES string of the molecule is O=C1Cc2cc(NCc3cc(F)ccc3F)c(Cl)cc2N1. The highest BCUT2D eigenvalue weighted by molar-refractivity contribution is 6.33. The van der Waals surface area contributed by atoms with Crippen molar-refractivity contribution in [3.63, 3.8) is 0 Å². The molecule has 0 atom stereocenters. The molecule has 21 heavy (non-hydrogen) atoms. The predicted octanol–water partition coefficient (Wildman–Crippen LogP) is 3.72. The van der Waals surface area contributed by atoms with Crippen LogP contribution in [0.5, 0.6) is 0 Å². The minimum atomic E-state index is -0.497. The number of rotatable bonds is 3. The first-order chi connectivity index (χ1) is 10.0. The van der Waals surface area contributed by atoms with E-state index in [2.05, 4.69) is 10.6 Å². The fraction of sp³-hybridized carbons (Fsp3) is 0.133. The summed E-state index contributed by atoms with van der Waals surface area (Å²) in [5.41, 5.74) is 2.30. The minimum Gasteiger partial charge on any atom is -0.380 e. The third-order valence-corrected chi connectivity index (χ3v) is 3.61. The second-order valence-electron chi connectivity index (χ2n) is 4.80. The van der Waals surface area contributed by atoms with Gasteiger partial charge in [0.1, 0.15) is 11.6 Å². The molecule has 6 heteroatoms. The smallest absolute Gasteiger partial charge is 0.228 e. The van der Waals surface area contributed by atoms with Crippen LogP contribution in [0.4, 0.5) is 20.2 Å². The average Bonchev–Trinajstić information content (AvgIpc) is 2.78. The molecule has 1 aliphatic rings. The van der Waals surface area contributed by atoms with E-state index in [9.17, 15) is 13.6 Å². The van der Waals surface area contributed by atoms with Crippen molar-refractivity contribution in [3.8, 4) is 0 Å². The topological polar surface area (TPSA) is 41.1 Å². The summed E-state index contributed by atoms with van der Waals surface area (Å²) >= 11 is 6.11. The molecule has 0 radical (unpaired) electrons. The van der Waals surface area contributed by atoms with Gasteiger partial charge in [-0.1, -0.05) is 11.6 Å². The minimum absolute atomic E-state index is 0.0885. The number of amides is 1. The maximum atomic E-state index is 13.5. The molecule has 3 rings (SSSR count). The number of benzene rings is 2. The second-order valence-corrected chi connectivity index (χ2v) is 5.21. The van der Waals surface area contributed by atoms with Crippen molar-refractivity contribution in [2.75, 3.05) is 10.6 Å². The van der Waals surface area contributed by atoms with Gasteiger partial charge in [0.2, 0.25) is 5.91 Å². The highest BCUT2D eigenvalue weighted by Crippen LogP contribution is 2.33. The van der Waals surface area contributed by atoms with Crippen LogP contribution in [0.15, 0.2) is 30.3 Å². The van der Waals surface area contributed by atoms with Gasteiger partial charge in [-0.05, 0) is 35.9 Å². The standard InChI is InChI=1S/C15H11ClF2N2O/c16-11-6-13-8(5-15(21)20-13)4-14(11)19-7-9-3-10(17)1-2-12(9)18/h1-4,6,19H,5,7H2,(H,20,21). The Morgan fingerprint density at radius 2 is 2.05 bits per heavy atom. The van der Waals surface area contributed by atoms with E-state index in [1.807, 2.05) is 0 Å². The molecule has 0 unspecified atom stereocenters. The first kappa shape index (κ1) is 13.8. The average molecular weight is 309 g/mol. The summed E-state index contributed by atoms with van der Waals surface area (Å²) in [7, 11) is 0. The van der Waals surface area contributed by atoms with Crippen molar-refractivity contribution in [3.05, 3.63) is 58.1 Å². The van der Waals surface area contributed by atoms with Crippen molar-refractivity contribution in [1.29, 1.82) is 0 Å². The molecule has 108 valence electrons. The molecule has 3 nitrogen and oxygen atoms in total. The molecule has 1 amide bonds. The van der Waals surface area contributed by atoms with Crippen LogP contribution in [-0.2, 0) is 17.8 Å². The molecular weight excluding hydrogens is 298 g/mol. The lowest BCUT2D eigenvalue weighted by Crippen LogP contribution is -2.03. The van der Waals surface area contributed by atoms with E-state index in [4.69, 9.17) is 11.6 Å². The van der Waals surface area contributed by atoms with E-state index < -0.39 is 11.6 Å². The maximum absolute atomic E-state index is 13.5. The molecule has 1 aliphatic heterocycles. The Balaban J connectivity index is 1.81. The van der Waals surface area contributed by atoms with Crippen LogP contribution in [-0.4, -0.2) is 5.91 Å². The fourth-order valence-electron chi connectivity index (χ4n) is 2.25. The third kappa shape index (κ3) is 2.83. The summed E-state index contributed by atoms with van der Waals surface area (Å²) in [6, 6.07) is 6.67. The fourth-order valence-corrected chi connectivity index (χ4v) is 2.48. The second kappa shape index (κ2) is 5.33. The first-order valence-electron chi connectivity index (χ1n) is 6.33. The quantitative estimate of drug-likeness (QED) is 0.907. The zero-order valence-corrected chi connectivity index (χ0v) is 11.6. The van der Waals surface area contributed by atoms with Crippen LogP contribution < -0.4 is 10.6 Å². The lowest BCUT2D eigenvalue weighted by Gasteiger charge is -2.11. The van der Waals surface area contributed by atoms with Gasteiger partial charge in [0.25, 0.3) is 0 Å². The van der Waals surface area contributed by atoms with Crippen LogP contribution in [0.3, 0.4) is 0 Å². The van der Waals surface area contributed by atoms with Crippen LogP contribution in [0.25, 0.3) is 0 Å². The number of halogens is 3. The number of anilines is 2. The van der Waals surface area contributed by atoms with Gasteiger partial charge in [0.05, 0.1) is 17.1 Å². The summed E-state index contributed by atoms with van der Waals surface area (Å²) in [5, 5.41) is 6.07. The summed E-state index contributed by atoms with van der Waals surface area (Å²) in [4.78, 5) is 11.3. The van der Waals surface area contributed by atoms with Gasteiger partial charge in [0, 0.05) is 17.8 Å². The van der Waals surface area contributed by atoms with Gasteiger partial charge in [-0.25, -0.2) is 8.78 Å². The van der Waals surface area contributed by atoms with Crippen molar-refractivity contribution in [2.45, 2.75) is 13.0 Å². The van der Waals surface area contributed by atoms with E-state index in [0.29, 0.717) is 16.4 Å². The van der Waals surface area contributed by atoms with Gasteiger partial charge in [-0.3, -0.25) is 4.79 Å². The molecule has 0 aliphatic carbocycles. The Morgan fingerprint density at radius 1 is 1.24 bits per heavy atom. The van der Waals surface area contributed by atoms with E-state index in [-0.39, 0.29) is 24.4 Å². The number of nitrogens with one attached hydrogen (secondary N) is 2. The van der Waals surface area contributed by atoms with Crippen molar-refractivity contribution in [1.82, 2.24) is 0 Å². The largest absolute Gasteiger partial charge is 0.380 e. The summed E-state index contributed by atoms with van der Waals surface area (Å²) in [6.45, 7) is 0.101. The number of carbonyl (C=O) groups excluding carboxylic acids is 1. The van der Waals surface area contributed by atoms with Crippen molar-refractivity contribution in [2.24, 2.45) is 0 Å². The normalized spacial score (nSPS) is 13.0. The third-order valence-electron chi connectivity index (χ3n) is 3.30. The number of hydrogen-bond acceptors (Lipinski definition) is 2. The van der Waals surface area contributed by atoms with Crippen LogP contribution in [0, 0.1) is 11.6 Å². The van der Waals surface area contributed by atoms with E-state index in [1.54, 1.807) is 12.1 Å². The zero-order chi connectivity index (χ0) is 15.0. The molecule has 0 bridgehead atoms. The monoisotopic (exact) mass is 308 g/mol. The number of fused-ring (bicyclic) bond motifs is 1. The van der Waals surface area contributed by atoms with Crippen LogP contribution >= 0.6 is 11.6 Å². The zero-order valence-electron chi connectivity index (χ0n) is 10.8. The highest BCUT2D eigenvalue weighted by Gasteiger charge is 2.19. The highest BCUT2D eigenvalue weighted by atomic mass is 35.5. The maximum Gasteiger partial charge on any atom is 0.228 e. The molecule has 0 saturated heterocycles. The van der Waals surface area contributed by atoms with Gasteiger partial charge < -0.3 is 10.6 Å². The Morgan fingerprint density at radius 3 is 2.86 bits per heavy atom. The molecule has 0 fully saturated rings. The van der Waals surface area contributed by atoms with E-state index >= 15 is 0 Å². The molecular formula is C15H11ClF2N2O. The Kier molecular flexibility index (Phi) is 3.51. The van der Waals surface area contributed by atoms with Crippen molar-refractivity contribution >= 4 is 28.9 Å². The summed E-state index contributed by atoms with van der Waals surface area (Å²) in [5.74, 6) is -1.07. The van der Waals surface area contributed by atoms with Gasteiger partial charge >= 0.3 is 0 Å².